The Kier molecular flexibility index (Phi) is 3.01. The number of benzene rings is 1. The van der Waals surface area contributed by atoms with Crippen LogP contribution in [0, 0.1) is 11.8 Å². The third-order valence-electron chi connectivity index (χ3n) is 5.59. The topological polar surface area (TPSA) is 9.23 Å². The second-order valence-electron chi connectivity index (χ2n) is 7.29. The van der Waals surface area contributed by atoms with Crippen LogP contribution in [-0.2, 0) is 23.2 Å². The number of fused-ring (bicyclic) bond motifs is 2. The second kappa shape index (κ2) is 4.34. The summed E-state index contributed by atoms with van der Waals surface area (Å²) in [5.74, 6) is 2.14. The lowest BCUT2D eigenvalue weighted by Gasteiger charge is -2.30. The summed E-state index contributed by atoms with van der Waals surface area (Å²) < 4.78 is 5.63. The molecule has 2 unspecified atom stereocenters. The number of rotatable bonds is 1. The Morgan fingerprint density at radius 1 is 1.21 bits per heavy atom. The van der Waals surface area contributed by atoms with Gasteiger partial charge in [-0.25, -0.2) is 0 Å². The van der Waals surface area contributed by atoms with Gasteiger partial charge in [0, 0.05) is 0 Å². The zero-order valence-electron chi connectivity index (χ0n) is 12.9. The largest absolute Gasteiger partial charge is 0.376 e. The van der Waals surface area contributed by atoms with Gasteiger partial charge in [0.25, 0.3) is 0 Å². The Balaban J connectivity index is 2.17. The van der Waals surface area contributed by atoms with Gasteiger partial charge in [-0.2, -0.15) is 0 Å². The van der Waals surface area contributed by atoms with E-state index in [2.05, 4.69) is 46.8 Å². The molecule has 0 bridgehead atoms. The Morgan fingerprint density at radius 2 is 1.95 bits per heavy atom. The van der Waals surface area contributed by atoms with Crippen LogP contribution in [0.3, 0.4) is 0 Å². The van der Waals surface area contributed by atoms with Gasteiger partial charge < -0.3 is 4.74 Å². The number of hydrogen-bond acceptors (Lipinski definition) is 1. The quantitative estimate of drug-likeness (QED) is 0.724. The van der Waals surface area contributed by atoms with Crippen molar-refractivity contribution < 1.29 is 4.74 Å². The van der Waals surface area contributed by atoms with Crippen LogP contribution in [0.5, 0.6) is 0 Å². The minimum absolute atomic E-state index is 0.288. The van der Waals surface area contributed by atoms with Crippen LogP contribution in [0.4, 0.5) is 0 Å². The van der Waals surface area contributed by atoms with E-state index in [9.17, 15) is 0 Å². The van der Waals surface area contributed by atoms with Crippen LogP contribution in [0.25, 0.3) is 0 Å². The van der Waals surface area contributed by atoms with Gasteiger partial charge in [0.1, 0.15) is 0 Å². The molecule has 1 nitrogen and oxygen atoms in total. The summed E-state index contributed by atoms with van der Waals surface area (Å²) >= 11 is 0. The van der Waals surface area contributed by atoms with Crippen molar-refractivity contribution in [3.8, 4) is 0 Å². The van der Waals surface area contributed by atoms with E-state index in [1.165, 1.54) is 11.1 Å². The maximum Gasteiger partial charge on any atom is 0.0719 e. The lowest BCUT2D eigenvalue weighted by atomic mass is 9.74. The maximum atomic E-state index is 5.63. The fourth-order valence-electron chi connectivity index (χ4n) is 4.17. The van der Waals surface area contributed by atoms with Crippen molar-refractivity contribution >= 4 is 0 Å². The van der Waals surface area contributed by atoms with Crippen LogP contribution in [-0.4, -0.2) is 6.61 Å². The summed E-state index contributed by atoms with van der Waals surface area (Å²) in [4.78, 5) is 0. The monoisotopic (exact) mass is 258 g/mol. The summed E-state index contributed by atoms with van der Waals surface area (Å²) in [7, 11) is 0. The highest BCUT2D eigenvalue weighted by molar-refractivity contribution is 5.49. The maximum absolute atomic E-state index is 5.63. The zero-order chi connectivity index (χ0) is 13.8. The Morgan fingerprint density at radius 3 is 2.63 bits per heavy atom. The first-order chi connectivity index (χ1) is 8.93. The van der Waals surface area contributed by atoms with Crippen LogP contribution in [0.15, 0.2) is 12.1 Å². The van der Waals surface area contributed by atoms with Gasteiger partial charge in [0.2, 0.25) is 0 Å². The number of ether oxygens (including phenoxy) is 1. The molecule has 0 saturated heterocycles. The zero-order valence-corrected chi connectivity index (χ0v) is 12.9. The van der Waals surface area contributed by atoms with Gasteiger partial charge in [0.15, 0.2) is 0 Å². The standard InChI is InChI=1S/C18H26O/c1-11(2)17-12(3)18(4,5)16-9-14-10-19-7-6-13(14)8-15(16)17/h8-9,11-12,17H,6-7,10H2,1-5H3. The molecule has 2 atom stereocenters. The molecule has 0 spiro atoms. The van der Waals surface area contributed by atoms with E-state index in [-0.39, 0.29) is 5.41 Å². The van der Waals surface area contributed by atoms with Crippen LogP contribution in [0.2, 0.25) is 0 Å². The molecule has 0 fully saturated rings. The van der Waals surface area contributed by atoms with Crippen molar-refractivity contribution in [2.24, 2.45) is 11.8 Å². The summed E-state index contributed by atoms with van der Waals surface area (Å²) in [5, 5.41) is 0. The molecule has 1 aromatic rings. The molecule has 1 heteroatoms. The van der Waals surface area contributed by atoms with Gasteiger partial charge in [-0.15, -0.1) is 0 Å². The second-order valence-corrected chi connectivity index (χ2v) is 7.29. The average molecular weight is 258 g/mol. The van der Waals surface area contributed by atoms with E-state index in [0.29, 0.717) is 17.8 Å². The van der Waals surface area contributed by atoms with Crippen molar-refractivity contribution in [2.75, 3.05) is 6.61 Å². The van der Waals surface area contributed by atoms with Crippen molar-refractivity contribution in [1.29, 1.82) is 0 Å². The summed E-state index contributed by atoms with van der Waals surface area (Å²) in [6.45, 7) is 13.7. The SMILES string of the molecule is CC(C)C1c2cc3c(cc2C(C)(C)C1C)COCC3. The van der Waals surface area contributed by atoms with Gasteiger partial charge in [-0.1, -0.05) is 46.8 Å². The molecule has 0 radical (unpaired) electrons. The lowest BCUT2D eigenvalue weighted by Crippen LogP contribution is -2.25. The molecule has 0 aromatic heterocycles. The van der Waals surface area contributed by atoms with Crippen molar-refractivity contribution in [1.82, 2.24) is 0 Å². The van der Waals surface area contributed by atoms with Crippen molar-refractivity contribution in [2.45, 2.75) is 59.0 Å². The fourth-order valence-corrected chi connectivity index (χ4v) is 4.17. The Bertz CT molecular complexity index is 499. The molecule has 0 N–H and O–H groups in total. The molecule has 104 valence electrons. The molecular formula is C18H26O. The molecule has 19 heavy (non-hydrogen) atoms. The van der Waals surface area contributed by atoms with Crippen molar-refractivity contribution in [3.05, 3.63) is 34.4 Å². The first-order valence-corrected chi connectivity index (χ1v) is 7.67. The third kappa shape index (κ3) is 1.86. The Hall–Kier alpha value is -0.820. The van der Waals surface area contributed by atoms with Gasteiger partial charge in [-0.05, 0) is 51.8 Å². The predicted octanol–water partition coefficient (Wildman–Crippen LogP) is 4.43. The highest BCUT2D eigenvalue weighted by Crippen LogP contribution is 2.53. The van der Waals surface area contributed by atoms with E-state index in [1.807, 2.05) is 0 Å². The molecule has 1 aliphatic carbocycles. The molecule has 3 rings (SSSR count). The molecule has 1 heterocycles. The van der Waals surface area contributed by atoms with Crippen LogP contribution < -0.4 is 0 Å². The highest BCUT2D eigenvalue weighted by atomic mass is 16.5. The molecule has 0 saturated carbocycles. The predicted molar refractivity (Wildman–Crippen MR) is 79.6 cm³/mol. The van der Waals surface area contributed by atoms with Gasteiger partial charge >= 0.3 is 0 Å². The van der Waals surface area contributed by atoms with E-state index >= 15 is 0 Å². The normalized spacial score (nSPS) is 28.3. The first-order valence-electron chi connectivity index (χ1n) is 7.67. The molecule has 1 aliphatic heterocycles. The molecular weight excluding hydrogens is 232 g/mol. The summed E-state index contributed by atoms with van der Waals surface area (Å²) in [6.07, 6.45) is 1.09. The fraction of sp³-hybridized carbons (Fsp3) is 0.667. The Labute approximate surface area is 117 Å². The van der Waals surface area contributed by atoms with E-state index in [1.54, 1.807) is 11.1 Å². The minimum Gasteiger partial charge on any atom is -0.376 e. The smallest absolute Gasteiger partial charge is 0.0719 e. The van der Waals surface area contributed by atoms with E-state index in [4.69, 9.17) is 4.74 Å². The van der Waals surface area contributed by atoms with Crippen molar-refractivity contribution in [3.63, 3.8) is 0 Å². The van der Waals surface area contributed by atoms with E-state index < -0.39 is 0 Å². The first kappa shape index (κ1) is 13.2. The minimum atomic E-state index is 0.288. The molecule has 1 aromatic carbocycles. The third-order valence-corrected chi connectivity index (χ3v) is 5.59. The number of hydrogen-bond donors (Lipinski definition) is 0. The van der Waals surface area contributed by atoms with E-state index in [0.717, 1.165) is 19.6 Å². The lowest BCUT2D eigenvalue weighted by molar-refractivity contribution is 0.110. The summed E-state index contributed by atoms with van der Waals surface area (Å²) in [5.41, 5.74) is 6.43. The van der Waals surface area contributed by atoms with Crippen LogP contribution in [0.1, 0.15) is 62.8 Å². The van der Waals surface area contributed by atoms with Gasteiger partial charge in [-0.3, -0.25) is 0 Å². The average Bonchev–Trinajstić information content (AvgIpc) is 2.55. The highest BCUT2D eigenvalue weighted by Gasteiger charge is 2.45. The van der Waals surface area contributed by atoms with Gasteiger partial charge in [0.05, 0.1) is 13.2 Å². The molecule has 2 aliphatic rings. The molecule has 0 amide bonds. The van der Waals surface area contributed by atoms with Crippen LogP contribution >= 0.6 is 0 Å². The summed E-state index contributed by atoms with van der Waals surface area (Å²) in [6, 6.07) is 4.95.